The monoisotopic (exact) mass is 357 g/mol. The Balaban J connectivity index is 2.27. The Hall–Kier alpha value is -1.40. The number of aryl methyl sites for hydroxylation is 1. The van der Waals surface area contributed by atoms with E-state index in [1.54, 1.807) is 13.0 Å². The number of benzene rings is 2. The van der Waals surface area contributed by atoms with Gasteiger partial charge < -0.3 is 5.32 Å². The van der Waals surface area contributed by atoms with Crippen LogP contribution in [0.4, 0.5) is 14.5 Å². The van der Waals surface area contributed by atoms with Gasteiger partial charge in [0, 0.05) is 16.1 Å². The first-order valence-corrected chi connectivity index (χ1v) is 6.88. The van der Waals surface area contributed by atoms with Crippen molar-refractivity contribution >= 4 is 40.2 Å². The predicted molar refractivity (Wildman–Crippen MR) is 80.4 cm³/mol. The van der Waals surface area contributed by atoms with Crippen LogP contribution in [0.15, 0.2) is 39.7 Å². The van der Waals surface area contributed by atoms with Crippen LogP contribution in [0.3, 0.4) is 0 Å². The fraction of sp³-hybridized carbons (Fsp3) is 0.0714. The van der Waals surface area contributed by atoms with E-state index in [1.807, 2.05) is 0 Å². The Bertz CT molecular complexity index is 691. The number of amides is 1. The summed E-state index contributed by atoms with van der Waals surface area (Å²) in [7, 11) is 0. The maximum absolute atomic E-state index is 13.5. The predicted octanol–water partition coefficient (Wildman–Crippen LogP) is 4.58. The Morgan fingerprint density at radius 2 is 1.90 bits per heavy atom. The van der Waals surface area contributed by atoms with Gasteiger partial charge in [-0.15, -0.1) is 12.6 Å². The maximum Gasteiger partial charge on any atom is 0.255 e. The van der Waals surface area contributed by atoms with E-state index in [0.29, 0.717) is 15.7 Å². The molecule has 2 aromatic carbocycles. The molecule has 20 heavy (non-hydrogen) atoms. The first kappa shape index (κ1) is 15.0. The summed E-state index contributed by atoms with van der Waals surface area (Å²) in [4.78, 5) is 12.1. The number of hydrogen-bond acceptors (Lipinski definition) is 2. The van der Waals surface area contributed by atoms with Crippen LogP contribution in [0.5, 0.6) is 0 Å². The van der Waals surface area contributed by atoms with Gasteiger partial charge in [0.05, 0.1) is 4.47 Å². The van der Waals surface area contributed by atoms with E-state index >= 15 is 0 Å². The molecule has 0 unspecified atom stereocenters. The van der Waals surface area contributed by atoms with Gasteiger partial charge in [-0.3, -0.25) is 4.79 Å². The van der Waals surface area contributed by atoms with Crippen LogP contribution in [-0.4, -0.2) is 5.91 Å². The van der Waals surface area contributed by atoms with Crippen molar-refractivity contribution in [2.45, 2.75) is 11.8 Å². The Morgan fingerprint density at radius 3 is 2.55 bits per heavy atom. The van der Waals surface area contributed by atoms with Crippen molar-refractivity contribution in [3.63, 3.8) is 0 Å². The molecule has 0 saturated heterocycles. The second-order valence-corrected chi connectivity index (χ2v) is 5.54. The minimum atomic E-state index is -0.504. The smallest absolute Gasteiger partial charge is 0.255 e. The van der Waals surface area contributed by atoms with E-state index in [-0.39, 0.29) is 10.5 Å². The largest absolute Gasteiger partial charge is 0.322 e. The molecule has 0 heterocycles. The van der Waals surface area contributed by atoms with Gasteiger partial charge in [-0.1, -0.05) is 0 Å². The van der Waals surface area contributed by atoms with Crippen molar-refractivity contribution in [1.82, 2.24) is 0 Å². The number of nitrogens with one attached hydrogen (secondary N) is 1. The summed E-state index contributed by atoms with van der Waals surface area (Å²) in [6.45, 7) is 1.74. The molecular weight excluding hydrogens is 348 g/mol. The quantitative estimate of drug-likeness (QED) is 0.757. The van der Waals surface area contributed by atoms with E-state index in [0.717, 1.165) is 6.07 Å². The van der Waals surface area contributed by atoms with Crippen LogP contribution < -0.4 is 5.32 Å². The van der Waals surface area contributed by atoms with Gasteiger partial charge in [-0.25, -0.2) is 8.78 Å². The lowest BCUT2D eigenvalue weighted by Crippen LogP contribution is -2.13. The summed E-state index contributed by atoms with van der Waals surface area (Å²) in [5, 5.41) is 2.59. The highest BCUT2D eigenvalue weighted by Gasteiger charge is 2.11. The van der Waals surface area contributed by atoms with Crippen LogP contribution in [0.1, 0.15) is 15.9 Å². The van der Waals surface area contributed by atoms with Gasteiger partial charge in [0.1, 0.15) is 11.6 Å². The highest BCUT2D eigenvalue weighted by atomic mass is 79.9. The summed E-state index contributed by atoms with van der Waals surface area (Å²) in [5.74, 6) is -1.43. The highest BCUT2D eigenvalue weighted by Crippen LogP contribution is 2.24. The molecule has 1 N–H and O–H groups in total. The van der Waals surface area contributed by atoms with Crippen LogP contribution >= 0.6 is 28.6 Å². The molecule has 0 bridgehead atoms. The summed E-state index contributed by atoms with van der Waals surface area (Å²) in [6, 6.07) is 6.61. The number of carbonyl (C=O) groups excluding carboxylic acids is 1. The topological polar surface area (TPSA) is 29.1 Å². The zero-order valence-corrected chi connectivity index (χ0v) is 12.9. The maximum atomic E-state index is 13.5. The number of anilines is 1. The summed E-state index contributed by atoms with van der Waals surface area (Å²) >= 11 is 6.99. The number of thiol groups is 1. The molecular formula is C14H10BrF2NOS. The van der Waals surface area contributed by atoms with Gasteiger partial charge in [0.15, 0.2) is 0 Å². The number of hydrogen-bond donors (Lipinski definition) is 2. The molecule has 2 rings (SSSR count). The Morgan fingerprint density at radius 1 is 1.20 bits per heavy atom. The van der Waals surface area contributed by atoms with E-state index in [4.69, 9.17) is 0 Å². The SMILES string of the molecule is Cc1cc(Br)c(F)cc1NC(=O)c1ccc(F)c(S)c1. The van der Waals surface area contributed by atoms with Crippen molar-refractivity contribution in [3.05, 3.63) is 57.6 Å². The van der Waals surface area contributed by atoms with Crippen molar-refractivity contribution in [2.24, 2.45) is 0 Å². The molecule has 6 heteroatoms. The van der Waals surface area contributed by atoms with Crippen molar-refractivity contribution in [3.8, 4) is 0 Å². The summed E-state index contributed by atoms with van der Waals surface area (Å²) in [6.07, 6.45) is 0. The highest BCUT2D eigenvalue weighted by molar-refractivity contribution is 9.10. The fourth-order valence-electron chi connectivity index (χ4n) is 1.63. The first-order valence-electron chi connectivity index (χ1n) is 5.64. The molecule has 1 amide bonds. The molecule has 104 valence electrons. The van der Waals surface area contributed by atoms with Gasteiger partial charge in [0.2, 0.25) is 0 Å². The Labute approximate surface area is 128 Å². The van der Waals surface area contributed by atoms with Gasteiger partial charge >= 0.3 is 0 Å². The molecule has 2 aromatic rings. The van der Waals surface area contributed by atoms with Crippen LogP contribution in [-0.2, 0) is 0 Å². The summed E-state index contributed by atoms with van der Waals surface area (Å²) in [5.41, 5.74) is 1.32. The molecule has 0 aliphatic carbocycles. The zero-order valence-electron chi connectivity index (χ0n) is 10.4. The van der Waals surface area contributed by atoms with Crippen molar-refractivity contribution < 1.29 is 13.6 Å². The van der Waals surface area contributed by atoms with Crippen molar-refractivity contribution in [1.29, 1.82) is 0 Å². The molecule has 2 nitrogen and oxygen atoms in total. The second-order valence-electron chi connectivity index (χ2n) is 4.20. The third kappa shape index (κ3) is 3.19. The first-order chi connectivity index (χ1) is 9.38. The minimum Gasteiger partial charge on any atom is -0.322 e. The third-order valence-electron chi connectivity index (χ3n) is 2.72. The molecule has 0 saturated carbocycles. The molecule has 0 aliphatic rings. The van der Waals surface area contributed by atoms with Crippen LogP contribution in [0.25, 0.3) is 0 Å². The van der Waals surface area contributed by atoms with Crippen molar-refractivity contribution in [2.75, 3.05) is 5.32 Å². The molecule has 0 spiro atoms. The average molecular weight is 358 g/mol. The van der Waals surface area contributed by atoms with Gasteiger partial charge in [-0.2, -0.15) is 0 Å². The standard InChI is InChI=1S/C14H10BrF2NOS/c1-7-4-9(15)11(17)6-12(7)18-14(19)8-2-3-10(16)13(20)5-8/h2-6,20H,1H3,(H,18,19). The summed E-state index contributed by atoms with van der Waals surface area (Å²) < 4.78 is 26.9. The average Bonchev–Trinajstić information content (AvgIpc) is 2.39. The third-order valence-corrected chi connectivity index (χ3v) is 3.67. The number of rotatable bonds is 2. The van der Waals surface area contributed by atoms with E-state index in [2.05, 4.69) is 33.9 Å². The van der Waals surface area contributed by atoms with Crippen LogP contribution in [0.2, 0.25) is 0 Å². The molecule has 0 fully saturated rings. The molecule has 0 radical (unpaired) electrons. The molecule has 0 aromatic heterocycles. The van der Waals surface area contributed by atoms with E-state index in [1.165, 1.54) is 18.2 Å². The van der Waals surface area contributed by atoms with E-state index in [9.17, 15) is 13.6 Å². The van der Waals surface area contributed by atoms with E-state index < -0.39 is 17.5 Å². The number of halogens is 3. The zero-order chi connectivity index (χ0) is 14.9. The normalized spacial score (nSPS) is 10.4. The Kier molecular flexibility index (Phi) is 4.45. The van der Waals surface area contributed by atoms with Gasteiger partial charge in [0.25, 0.3) is 5.91 Å². The van der Waals surface area contributed by atoms with Gasteiger partial charge in [-0.05, 0) is 58.7 Å². The lowest BCUT2D eigenvalue weighted by Gasteiger charge is -2.10. The minimum absolute atomic E-state index is 0.0800. The lowest BCUT2D eigenvalue weighted by atomic mass is 10.1. The fourth-order valence-corrected chi connectivity index (χ4v) is 2.30. The molecule has 0 aliphatic heterocycles. The molecule has 0 atom stereocenters. The van der Waals surface area contributed by atoms with Crippen LogP contribution in [0, 0.1) is 18.6 Å². The lowest BCUT2D eigenvalue weighted by molar-refractivity contribution is 0.102. The number of carbonyl (C=O) groups is 1. The second kappa shape index (κ2) is 5.93.